The Bertz CT molecular complexity index is 816. The Kier molecular flexibility index (Phi) is 6.09. The fourth-order valence-corrected chi connectivity index (χ4v) is 3.12. The highest BCUT2D eigenvalue weighted by atomic mass is 32.2. The Hall–Kier alpha value is -2.22. The van der Waals surface area contributed by atoms with E-state index in [1.165, 1.54) is 0 Å². The van der Waals surface area contributed by atoms with Crippen molar-refractivity contribution in [2.45, 2.75) is 30.2 Å². The zero-order valence-electron chi connectivity index (χ0n) is 14.6. The normalized spacial score (nSPS) is 19.6. The van der Waals surface area contributed by atoms with Crippen LogP contribution in [0.4, 0.5) is 4.39 Å². The highest BCUT2D eigenvalue weighted by Gasteiger charge is 2.59. The maximum absolute atomic E-state index is 12.9. The lowest BCUT2D eigenvalue weighted by atomic mass is 10.2. The van der Waals surface area contributed by atoms with Crippen molar-refractivity contribution in [1.82, 2.24) is 4.72 Å². The number of hydroxylamine groups is 1. The van der Waals surface area contributed by atoms with Crippen LogP contribution in [0.25, 0.3) is 0 Å². The molecule has 27 heavy (non-hydrogen) atoms. The number of halogens is 1. The van der Waals surface area contributed by atoms with E-state index in [1.54, 1.807) is 13.8 Å². The quantitative estimate of drug-likeness (QED) is 0.176. The molecule has 1 fully saturated rings. The largest absolute Gasteiger partial charge is 0.594 e. The summed E-state index contributed by atoms with van der Waals surface area (Å²) in [6.07, 6.45) is 0. The summed E-state index contributed by atoms with van der Waals surface area (Å²) in [6.45, 7) is 1.37. The molecule has 2 rings (SSSR count). The van der Waals surface area contributed by atoms with Crippen LogP contribution in [0, 0.1) is 21.1 Å². The highest BCUT2D eigenvalue weighted by Crippen LogP contribution is 2.26. The van der Waals surface area contributed by atoms with Gasteiger partial charge in [0.05, 0.1) is 4.90 Å². The molecule has 0 aromatic heterocycles. The Morgan fingerprint density at radius 1 is 1.22 bits per heavy atom. The number of hydrogen-bond acceptors (Lipinski definition) is 8. The van der Waals surface area contributed by atoms with E-state index in [2.05, 4.69) is 9.84 Å². The summed E-state index contributed by atoms with van der Waals surface area (Å²) >= 11 is 0. The summed E-state index contributed by atoms with van der Waals surface area (Å²) in [5.74, 6) is -1.65. The van der Waals surface area contributed by atoms with Crippen molar-refractivity contribution in [3.63, 3.8) is 0 Å². The van der Waals surface area contributed by atoms with Crippen LogP contribution < -0.4 is 4.72 Å². The standard InChI is InChI=1S/C14H19FN4O7S/c1-13(2)25-9-14(10-26-13,19(21)22)18(20)16-7-8-17-27(23,24)12-5-3-11(15)4-6-12/h3-6,17H,7-10H2,1-2H3. The molecule has 1 saturated heterocycles. The van der Waals surface area contributed by atoms with Gasteiger partial charge in [0.15, 0.2) is 19.0 Å². The van der Waals surface area contributed by atoms with E-state index in [9.17, 15) is 28.1 Å². The van der Waals surface area contributed by atoms with Crippen molar-refractivity contribution in [2.24, 2.45) is 5.11 Å². The SMILES string of the molecule is CC1(C)OCC([N+](=O)[O-])([N+]([O-])=NCCNS(=O)(=O)c2ccc(F)cc2)CO1. The van der Waals surface area contributed by atoms with Gasteiger partial charge in [-0.05, 0) is 48.1 Å². The second-order valence-electron chi connectivity index (χ2n) is 6.21. The van der Waals surface area contributed by atoms with Gasteiger partial charge in [-0.1, -0.05) is 0 Å². The lowest BCUT2D eigenvalue weighted by Gasteiger charge is -2.34. The molecule has 11 nitrogen and oxygen atoms in total. The van der Waals surface area contributed by atoms with Gasteiger partial charge in [-0.25, -0.2) is 17.5 Å². The molecular formula is C14H19FN4O7S. The van der Waals surface area contributed by atoms with Crippen LogP contribution in [-0.4, -0.2) is 56.0 Å². The number of benzene rings is 1. The number of nitro groups is 1. The van der Waals surface area contributed by atoms with Crippen LogP contribution in [-0.2, 0) is 19.5 Å². The number of sulfonamides is 1. The second-order valence-corrected chi connectivity index (χ2v) is 7.97. The summed E-state index contributed by atoms with van der Waals surface area (Å²) in [6, 6.07) is 4.14. The van der Waals surface area contributed by atoms with Crippen LogP contribution >= 0.6 is 0 Å². The zero-order valence-corrected chi connectivity index (χ0v) is 15.4. The van der Waals surface area contributed by atoms with Crippen LogP contribution in [0.3, 0.4) is 0 Å². The summed E-state index contributed by atoms with van der Waals surface area (Å²) in [5.41, 5.74) is -2.24. The monoisotopic (exact) mass is 406 g/mol. The van der Waals surface area contributed by atoms with E-state index in [0.717, 1.165) is 24.3 Å². The molecule has 13 heteroatoms. The number of rotatable bonds is 7. The first kappa shape index (κ1) is 21.1. The number of hydrogen-bond donors (Lipinski definition) is 1. The van der Waals surface area contributed by atoms with Crippen LogP contribution in [0.5, 0.6) is 0 Å². The van der Waals surface area contributed by atoms with E-state index in [-0.39, 0.29) is 22.8 Å². The predicted molar refractivity (Wildman–Crippen MR) is 88.2 cm³/mol. The van der Waals surface area contributed by atoms with Gasteiger partial charge < -0.3 is 14.7 Å². The minimum atomic E-state index is -3.93. The summed E-state index contributed by atoms with van der Waals surface area (Å²) in [5, 5.41) is 27.0. The van der Waals surface area contributed by atoms with E-state index in [4.69, 9.17) is 9.47 Å². The summed E-state index contributed by atoms with van der Waals surface area (Å²) in [4.78, 5) is 10.2. The first-order valence-electron chi connectivity index (χ1n) is 7.81. The molecule has 0 radical (unpaired) electrons. The van der Waals surface area contributed by atoms with Gasteiger partial charge in [0.25, 0.3) is 0 Å². The molecule has 1 heterocycles. The minimum Gasteiger partial charge on any atom is -0.594 e. The first-order chi connectivity index (χ1) is 12.5. The van der Waals surface area contributed by atoms with Crippen molar-refractivity contribution in [3.05, 3.63) is 45.4 Å². The van der Waals surface area contributed by atoms with E-state index in [0.29, 0.717) is 0 Å². The number of nitrogens with one attached hydrogen (secondary N) is 1. The molecule has 0 saturated carbocycles. The molecule has 0 aliphatic carbocycles. The Morgan fingerprint density at radius 3 is 2.30 bits per heavy atom. The first-order valence-corrected chi connectivity index (χ1v) is 9.29. The minimum absolute atomic E-state index is 0.131. The van der Waals surface area contributed by atoms with Crippen molar-refractivity contribution in [1.29, 1.82) is 0 Å². The number of ether oxygens (including phenoxy) is 2. The molecule has 1 aliphatic heterocycles. The highest BCUT2D eigenvalue weighted by molar-refractivity contribution is 7.89. The molecular weight excluding hydrogens is 387 g/mol. The molecule has 1 N–H and O–H groups in total. The Morgan fingerprint density at radius 2 is 1.78 bits per heavy atom. The molecule has 150 valence electrons. The third-order valence-corrected chi connectivity index (χ3v) is 5.23. The van der Waals surface area contributed by atoms with Crippen molar-refractivity contribution in [3.8, 4) is 0 Å². The van der Waals surface area contributed by atoms with Gasteiger partial charge in [-0.15, -0.1) is 0 Å². The number of nitrogens with zero attached hydrogens (tertiary/aromatic N) is 3. The third-order valence-electron chi connectivity index (χ3n) is 3.75. The van der Waals surface area contributed by atoms with Crippen LogP contribution in [0.1, 0.15) is 13.8 Å². The molecule has 1 aromatic rings. The molecule has 0 atom stereocenters. The summed E-state index contributed by atoms with van der Waals surface area (Å²) < 4.78 is 49.4. The van der Waals surface area contributed by atoms with Gasteiger partial charge in [0.1, 0.15) is 17.3 Å². The molecule has 1 aliphatic rings. The zero-order chi connectivity index (χ0) is 20.3. The maximum atomic E-state index is 12.9. The molecule has 1 aromatic carbocycles. The summed E-state index contributed by atoms with van der Waals surface area (Å²) in [7, 11) is -3.93. The van der Waals surface area contributed by atoms with Crippen LogP contribution in [0.2, 0.25) is 0 Å². The smallest absolute Gasteiger partial charge is 0.483 e. The van der Waals surface area contributed by atoms with Crippen molar-refractivity contribution < 1.29 is 32.1 Å². The molecule has 0 unspecified atom stereocenters. The third kappa shape index (κ3) is 4.94. The topological polar surface area (TPSA) is 146 Å². The fourth-order valence-electron chi connectivity index (χ4n) is 2.10. The van der Waals surface area contributed by atoms with Gasteiger partial charge in [-0.3, -0.25) is 10.1 Å². The van der Waals surface area contributed by atoms with Gasteiger partial charge in [0.2, 0.25) is 10.0 Å². The lowest BCUT2D eigenvalue weighted by molar-refractivity contribution is -0.827. The Balaban J connectivity index is 2.00. The van der Waals surface area contributed by atoms with Crippen LogP contribution in [0.15, 0.2) is 34.3 Å². The Labute approximate surface area is 154 Å². The molecule has 0 amide bonds. The van der Waals surface area contributed by atoms with E-state index < -0.39 is 45.4 Å². The average molecular weight is 406 g/mol. The van der Waals surface area contributed by atoms with E-state index in [1.807, 2.05) is 0 Å². The lowest BCUT2D eigenvalue weighted by Crippen LogP contribution is -2.60. The molecule has 0 spiro atoms. The van der Waals surface area contributed by atoms with Crippen molar-refractivity contribution in [2.75, 3.05) is 26.3 Å². The second kappa shape index (κ2) is 7.80. The number of azo groups is 1. The van der Waals surface area contributed by atoms with Gasteiger partial charge in [-0.2, -0.15) is 0 Å². The predicted octanol–water partition coefficient (Wildman–Crippen LogP) is 0.822. The van der Waals surface area contributed by atoms with E-state index >= 15 is 0 Å². The molecule has 0 bridgehead atoms. The van der Waals surface area contributed by atoms with Gasteiger partial charge >= 0.3 is 5.66 Å². The van der Waals surface area contributed by atoms with Crippen molar-refractivity contribution >= 4 is 10.0 Å². The maximum Gasteiger partial charge on any atom is 0.483 e. The van der Waals surface area contributed by atoms with Gasteiger partial charge in [0, 0.05) is 6.54 Å². The fraction of sp³-hybridized carbons (Fsp3) is 0.571. The average Bonchev–Trinajstić information content (AvgIpc) is 2.59.